The molecule has 1 unspecified atom stereocenters. The second kappa shape index (κ2) is 5.52. The SMILES string of the molecule is CC(=O)N1N=C(c2ccccc2)CC1c1ccccc1C. The maximum Gasteiger partial charge on any atom is 0.240 e. The van der Waals surface area contributed by atoms with E-state index in [1.807, 2.05) is 42.5 Å². The third-order valence-corrected chi connectivity index (χ3v) is 3.89. The van der Waals surface area contributed by atoms with Gasteiger partial charge in [0.25, 0.3) is 0 Å². The van der Waals surface area contributed by atoms with Crippen molar-refractivity contribution in [1.82, 2.24) is 5.01 Å². The summed E-state index contributed by atoms with van der Waals surface area (Å²) in [6, 6.07) is 18.3. The first-order chi connectivity index (χ1) is 10.2. The molecule has 1 heterocycles. The molecule has 3 nitrogen and oxygen atoms in total. The predicted octanol–water partition coefficient (Wildman–Crippen LogP) is 3.69. The molecular weight excluding hydrogens is 260 g/mol. The second-order valence-corrected chi connectivity index (χ2v) is 5.35. The van der Waals surface area contributed by atoms with Crippen molar-refractivity contribution < 1.29 is 4.79 Å². The van der Waals surface area contributed by atoms with Crippen LogP contribution in [0.3, 0.4) is 0 Å². The molecule has 1 atom stereocenters. The first-order valence-corrected chi connectivity index (χ1v) is 7.15. The summed E-state index contributed by atoms with van der Waals surface area (Å²) in [6.07, 6.45) is 0.758. The summed E-state index contributed by atoms with van der Waals surface area (Å²) in [4.78, 5) is 11.9. The van der Waals surface area contributed by atoms with E-state index < -0.39 is 0 Å². The number of carbonyl (C=O) groups is 1. The molecule has 3 rings (SSSR count). The molecule has 0 aliphatic carbocycles. The van der Waals surface area contributed by atoms with Crippen molar-refractivity contribution in [2.75, 3.05) is 0 Å². The Morgan fingerprint density at radius 3 is 2.43 bits per heavy atom. The summed E-state index contributed by atoms with van der Waals surface area (Å²) >= 11 is 0. The van der Waals surface area contributed by atoms with Crippen molar-refractivity contribution in [3.8, 4) is 0 Å². The first kappa shape index (κ1) is 13.6. The highest BCUT2D eigenvalue weighted by atomic mass is 16.2. The summed E-state index contributed by atoms with van der Waals surface area (Å²) in [7, 11) is 0. The minimum atomic E-state index is -0.0193. The van der Waals surface area contributed by atoms with E-state index in [1.165, 1.54) is 11.1 Å². The molecule has 2 aromatic carbocycles. The molecule has 0 fully saturated rings. The van der Waals surface area contributed by atoms with E-state index >= 15 is 0 Å². The van der Waals surface area contributed by atoms with Crippen molar-refractivity contribution in [2.45, 2.75) is 26.3 Å². The molecule has 1 aliphatic rings. The van der Waals surface area contributed by atoms with Crippen LogP contribution < -0.4 is 0 Å². The molecule has 3 heteroatoms. The van der Waals surface area contributed by atoms with Gasteiger partial charge in [-0.15, -0.1) is 0 Å². The van der Waals surface area contributed by atoms with Gasteiger partial charge in [0.2, 0.25) is 5.91 Å². The van der Waals surface area contributed by atoms with Crippen LogP contribution in [0.15, 0.2) is 59.7 Å². The Balaban J connectivity index is 1.98. The Morgan fingerprint density at radius 1 is 1.10 bits per heavy atom. The number of hydrogen-bond acceptors (Lipinski definition) is 2. The van der Waals surface area contributed by atoms with Crippen LogP contribution in [0.25, 0.3) is 0 Å². The van der Waals surface area contributed by atoms with Crippen LogP contribution in [-0.2, 0) is 4.79 Å². The smallest absolute Gasteiger partial charge is 0.240 e. The number of nitrogens with zero attached hydrogens (tertiary/aromatic N) is 2. The Kier molecular flexibility index (Phi) is 3.57. The molecule has 0 aromatic heterocycles. The standard InChI is InChI=1S/C18H18N2O/c1-13-8-6-7-11-16(13)18-12-17(19-20(18)14(2)21)15-9-4-3-5-10-15/h3-11,18H,12H2,1-2H3. The van der Waals surface area contributed by atoms with E-state index in [1.54, 1.807) is 11.9 Å². The van der Waals surface area contributed by atoms with Crippen molar-refractivity contribution in [1.29, 1.82) is 0 Å². The molecule has 21 heavy (non-hydrogen) atoms. The molecule has 0 saturated heterocycles. The van der Waals surface area contributed by atoms with Gasteiger partial charge in [-0.3, -0.25) is 4.79 Å². The molecular formula is C18H18N2O. The maximum absolute atomic E-state index is 11.9. The van der Waals surface area contributed by atoms with E-state index in [0.29, 0.717) is 0 Å². The van der Waals surface area contributed by atoms with E-state index in [9.17, 15) is 4.79 Å². The molecule has 106 valence electrons. The van der Waals surface area contributed by atoms with Gasteiger partial charge >= 0.3 is 0 Å². The van der Waals surface area contributed by atoms with Crippen molar-refractivity contribution in [3.05, 3.63) is 71.3 Å². The van der Waals surface area contributed by atoms with Crippen LogP contribution in [0.2, 0.25) is 0 Å². The highest BCUT2D eigenvalue weighted by Gasteiger charge is 2.31. The third-order valence-electron chi connectivity index (χ3n) is 3.89. The number of amides is 1. The summed E-state index contributed by atoms with van der Waals surface area (Å²) in [6.45, 7) is 3.65. The van der Waals surface area contributed by atoms with Gasteiger partial charge in [0.1, 0.15) is 0 Å². The van der Waals surface area contributed by atoms with Crippen LogP contribution in [0.1, 0.15) is 36.1 Å². The van der Waals surface area contributed by atoms with Gasteiger partial charge in [-0.25, -0.2) is 5.01 Å². The monoisotopic (exact) mass is 278 g/mol. The van der Waals surface area contributed by atoms with E-state index in [4.69, 9.17) is 0 Å². The van der Waals surface area contributed by atoms with Gasteiger partial charge in [0.05, 0.1) is 11.8 Å². The quantitative estimate of drug-likeness (QED) is 0.824. The molecule has 0 bridgehead atoms. The lowest BCUT2D eigenvalue weighted by Gasteiger charge is -2.22. The minimum Gasteiger partial charge on any atom is -0.273 e. The second-order valence-electron chi connectivity index (χ2n) is 5.35. The van der Waals surface area contributed by atoms with Crippen LogP contribution in [-0.4, -0.2) is 16.6 Å². The van der Waals surface area contributed by atoms with Gasteiger partial charge in [-0.05, 0) is 23.6 Å². The number of rotatable bonds is 2. The average Bonchev–Trinajstić information content (AvgIpc) is 2.94. The number of hydrogen-bond donors (Lipinski definition) is 0. The van der Waals surface area contributed by atoms with Gasteiger partial charge in [-0.1, -0.05) is 54.6 Å². The fourth-order valence-electron chi connectivity index (χ4n) is 2.81. The molecule has 0 N–H and O–H groups in total. The summed E-state index contributed by atoms with van der Waals surface area (Å²) in [5, 5.41) is 6.17. The Morgan fingerprint density at radius 2 is 1.76 bits per heavy atom. The number of carbonyl (C=O) groups excluding carboxylic acids is 1. The van der Waals surface area contributed by atoms with Gasteiger partial charge in [-0.2, -0.15) is 5.10 Å². The van der Waals surface area contributed by atoms with Crippen LogP contribution >= 0.6 is 0 Å². The number of hydrazone groups is 1. The predicted molar refractivity (Wildman–Crippen MR) is 84.0 cm³/mol. The minimum absolute atomic E-state index is 0.00101. The van der Waals surface area contributed by atoms with Gasteiger partial charge in [0, 0.05) is 13.3 Å². The van der Waals surface area contributed by atoms with Crippen LogP contribution in [0.5, 0.6) is 0 Å². The molecule has 1 amide bonds. The molecule has 0 radical (unpaired) electrons. The topological polar surface area (TPSA) is 32.7 Å². The normalized spacial score (nSPS) is 17.7. The highest BCUT2D eigenvalue weighted by Crippen LogP contribution is 2.34. The fourth-order valence-corrected chi connectivity index (χ4v) is 2.81. The zero-order chi connectivity index (χ0) is 14.8. The Hall–Kier alpha value is -2.42. The Bertz CT molecular complexity index is 691. The summed E-state index contributed by atoms with van der Waals surface area (Å²) in [5.41, 5.74) is 4.42. The van der Waals surface area contributed by atoms with Crippen molar-refractivity contribution in [3.63, 3.8) is 0 Å². The fraction of sp³-hybridized carbons (Fsp3) is 0.222. The number of benzene rings is 2. The average molecular weight is 278 g/mol. The van der Waals surface area contributed by atoms with Crippen molar-refractivity contribution >= 4 is 11.6 Å². The lowest BCUT2D eigenvalue weighted by molar-refractivity contribution is -0.130. The number of aryl methyl sites for hydroxylation is 1. The molecule has 0 spiro atoms. The van der Waals surface area contributed by atoms with Gasteiger partial charge < -0.3 is 0 Å². The lowest BCUT2D eigenvalue weighted by Crippen LogP contribution is -2.24. The van der Waals surface area contributed by atoms with Gasteiger partial charge in [0.15, 0.2) is 0 Å². The van der Waals surface area contributed by atoms with Crippen LogP contribution in [0.4, 0.5) is 0 Å². The largest absolute Gasteiger partial charge is 0.273 e. The van der Waals surface area contributed by atoms with Crippen molar-refractivity contribution in [2.24, 2.45) is 5.10 Å². The zero-order valence-electron chi connectivity index (χ0n) is 12.3. The summed E-state index contributed by atoms with van der Waals surface area (Å²) in [5.74, 6) is -0.0193. The Labute approximate surface area is 124 Å². The summed E-state index contributed by atoms with van der Waals surface area (Å²) < 4.78 is 0. The first-order valence-electron chi connectivity index (χ1n) is 7.15. The van der Waals surface area contributed by atoms with Crippen LogP contribution in [0, 0.1) is 6.92 Å². The molecule has 0 saturated carbocycles. The zero-order valence-corrected chi connectivity index (χ0v) is 12.3. The molecule has 1 aliphatic heterocycles. The van der Waals surface area contributed by atoms with E-state index in [2.05, 4.69) is 24.2 Å². The molecule has 2 aromatic rings. The van der Waals surface area contributed by atoms with E-state index in [-0.39, 0.29) is 11.9 Å². The van der Waals surface area contributed by atoms with E-state index in [0.717, 1.165) is 17.7 Å². The maximum atomic E-state index is 11.9. The lowest BCUT2D eigenvalue weighted by atomic mass is 9.95. The third kappa shape index (κ3) is 2.59. The highest BCUT2D eigenvalue weighted by molar-refractivity contribution is 6.03.